The van der Waals surface area contributed by atoms with Gasteiger partial charge in [0.1, 0.15) is 17.1 Å². The predicted octanol–water partition coefficient (Wildman–Crippen LogP) is 2.69. The van der Waals surface area contributed by atoms with Crippen molar-refractivity contribution in [3.8, 4) is 5.75 Å². The molecule has 1 N–H and O–H groups in total. The SMILES string of the molecule is COc1cccc2[nH]c(C(C)C)nc12. The zero-order valence-corrected chi connectivity index (χ0v) is 8.66. The molecule has 0 amide bonds. The number of nitrogens with zero attached hydrogens (tertiary/aromatic N) is 1. The number of hydrogen-bond donors (Lipinski definition) is 1. The van der Waals surface area contributed by atoms with Crippen molar-refractivity contribution in [2.45, 2.75) is 19.8 Å². The predicted molar refractivity (Wildman–Crippen MR) is 56.7 cm³/mol. The van der Waals surface area contributed by atoms with Crippen LogP contribution in [0.15, 0.2) is 18.2 Å². The number of methoxy groups -OCH3 is 1. The highest BCUT2D eigenvalue weighted by Crippen LogP contribution is 2.24. The number of benzene rings is 1. The Kier molecular flexibility index (Phi) is 2.15. The third kappa shape index (κ3) is 1.35. The molecule has 0 fully saturated rings. The first kappa shape index (κ1) is 9.06. The van der Waals surface area contributed by atoms with Gasteiger partial charge in [-0.3, -0.25) is 0 Å². The van der Waals surface area contributed by atoms with Gasteiger partial charge in [0.05, 0.1) is 12.6 Å². The maximum atomic E-state index is 5.24. The van der Waals surface area contributed by atoms with Crippen LogP contribution >= 0.6 is 0 Å². The first-order chi connectivity index (χ1) is 6.72. The minimum atomic E-state index is 0.409. The second-order valence-corrected chi connectivity index (χ2v) is 3.63. The molecule has 0 atom stereocenters. The Morgan fingerprint density at radius 3 is 2.79 bits per heavy atom. The van der Waals surface area contributed by atoms with E-state index >= 15 is 0 Å². The molecule has 0 saturated heterocycles. The molecule has 3 heteroatoms. The number of nitrogens with one attached hydrogen (secondary N) is 1. The largest absolute Gasteiger partial charge is 0.494 e. The van der Waals surface area contributed by atoms with Crippen molar-refractivity contribution in [1.82, 2.24) is 9.97 Å². The summed E-state index contributed by atoms with van der Waals surface area (Å²) in [6, 6.07) is 5.90. The van der Waals surface area contributed by atoms with Gasteiger partial charge in [-0.25, -0.2) is 4.98 Å². The van der Waals surface area contributed by atoms with E-state index in [-0.39, 0.29) is 0 Å². The van der Waals surface area contributed by atoms with E-state index in [9.17, 15) is 0 Å². The lowest BCUT2D eigenvalue weighted by Crippen LogP contribution is -1.88. The van der Waals surface area contributed by atoms with Crippen LogP contribution in [0.2, 0.25) is 0 Å². The highest BCUT2D eigenvalue weighted by molar-refractivity contribution is 5.81. The molecule has 0 aliphatic heterocycles. The standard InChI is InChI=1S/C11H14N2O/c1-7(2)11-12-8-5-4-6-9(14-3)10(8)13-11/h4-7H,1-3H3,(H,12,13). The van der Waals surface area contributed by atoms with Crippen LogP contribution in [0.25, 0.3) is 11.0 Å². The van der Waals surface area contributed by atoms with Gasteiger partial charge in [-0.2, -0.15) is 0 Å². The number of aromatic nitrogens is 2. The Morgan fingerprint density at radius 2 is 2.14 bits per heavy atom. The summed E-state index contributed by atoms with van der Waals surface area (Å²) in [5.74, 6) is 2.24. The first-order valence-corrected chi connectivity index (χ1v) is 4.75. The number of hydrogen-bond acceptors (Lipinski definition) is 2. The van der Waals surface area contributed by atoms with Gasteiger partial charge in [0, 0.05) is 5.92 Å². The summed E-state index contributed by atoms with van der Waals surface area (Å²) >= 11 is 0. The maximum Gasteiger partial charge on any atom is 0.146 e. The van der Waals surface area contributed by atoms with Crippen molar-refractivity contribution in [1.29, 1.82) is 0 Å². The summed E-state index contributed by atoms with van der Waals surface area (Å²) in [7, 11) is 1.67. The lowest BCUT2D eigenvalue weighted by molar-refractivity contribution is 0.419. The van der Waals surface area contributed by atoms with E-state index in [1.807, 2.05) is 18.2 Å². The van der Waals surface area contributed by atoms with Crippen LogP contribution in [0.5, 0.6) is 5.75 Å². The first-order valence-electron chi connectivity index (χ1n) is 4.75. The molecular weight excluding hydrogens is 176 g/mol. The molecule has 1 aromatic heterocycles. The van der Waals surface area contributed by atoms with Crippen LogP contribution in [0, 0.1) is 0 Å². The highest BCUT2D eigenvalue weighted by atomic mass is 16.5. The zero-order chi connectivity index (χ0) is 10.1. The van der Waals surface area contributed by atoms with E-state index in [0.29, 0.717) is 5.92 Å². The van der Waals surface area contributed by atoms with E-state index in [0.717, 1.165) is 22.6 Å². The van der Waals surface area contributed by atoms with Crippen LogP contribution in [0.3, 0.4) is 0 Å². The maximum absolute atomic E-state index is 5.24. The summed E-state index contributed by atoms with van der Waals surface area (Å²) in [4.78, 5) is 7.78. The monoisotopic (exact) mass is 190 g/mol. The Balaban J connectivity index is 2.64. The van der Waals surface area contributed by atoms with Gasteiger partial charge < -0.3 is 9.72 Å². The van der Waals surface area contributed by atoms with E-state index in [2.05, 4.69) is 23.8 Å². The highest BCUT2D eigenvalue weighted by Gasteiger charge is 2.09. The Bertz CT molecular complexity index is 445. The molecule has 0 saturated carbocycles. The molecule has 14 heavy (non-hydrogen) atoms. The fraction of sp³-hybridized carbons (Fsp3) is 0.364. The number of aromatic amines is 1. The quantitative estimate of drug-likeness (QED) is 0.790. The molecule has 0 bridgehead atoms. The molecule has 74 valence electrons. The fourth-order valence-corrected chi connectivity index (χ4v) is 1.46. The number of ether oxygens (including phenoxy) is 1. The topological polar surface area (TPSA) is 37.9 Å². The third-order valence-electron chi connectivity index (χ3n) is 2.26. The van der Waals surface area contributed by atoms with E-state index in [1.54, 1.807) is 7.11 Å². The van der Waals surface area contributed by atoms with Gasteiger partial charge in [0.25, 0.3) is 0 Å². The molecule has 0 aliphatic rings. The Morgan fingerprint density at radius 1 is 1.36 bits per heavy atom. The van der Waals surface area contributed by atoms with Crippen LogP contribution < -0.4 is 4.74 Å². The molecule has 2 aromatic rings. The summed E-state index contributed by atoms with van der Waals surface area (Å²) in [5, 5.41) is 0. The van der Waals surface area contributed by atoms with Gasteiger partial charge in [0.2, 0.25) is 0 Å². The normalized spacial score (nSPS) is 11.1. The van der Waals surface area contributed by atoms with Crippen LogP contribution in [-0.2, 0) is 0 Å². The number of H-pyrrole nitrogens is 1. The molecule has 3 nitrogen and oxygen atoms in total. The second-order valence-electron chi connectivity index (χ2n) is 3.63. The van der Waals surface area contributed by atoms with Gasteiger partial charge in [-0.05, 0) is 12.1 Å². The van der Waals surface area contributed by atoms with Crippen molar-refractivity contribution >= 4 is 11.0 Å². The summed E-state index contributed by atoms with van der Waals surface area (Å²) < 4.78 is 5.24. The lowest BCUT2D eigenvalue weighted by atomic mass is 10.2. The number of para-hydroxylation sites is 1. The van der Waals surface area contributed by atoms with Crippen molar-refractivity contribution in [3.63, 3.8) is 0 Å². The van der Waals surface area contributed by atoms with Gasteiger partial charge in [-0.15, -0.1) is 0 Å². The summed E-state index contributed by atoms with van der Waals surface area (Å²) in [6.07, 6.45) is 0. The molecule has 1 heterocycles. The Hall–Kier alpha value is -1.51. The molecular formula is C11H14N2O. The van der Waals surface area contributed by atoms with Crippen molar-refractivity contribution in [3.05, 3.63) is 24.0 Å². The molecule has 1 aromatic carbocycles. The third-order valence-corrected chi connectivity index (χ3v) is 2.26. The van der Waals surface area contributed by atoms with Gasteiger partial charge in [0.15, 0.2) is 0 Å². The summed E-state index contributed by atoms with van der Waals surface area (Å²) in [6.45, 7) is 4.23. The van der Waals surface area contributed by atoms with Crippen molar-refractivity contribution in [2.24, 2.45) is 0 Å². The molecule has 0 spiro atoms. The molecule has 2 rings (SSSR count). The average molecular weight is 190 g/mol. The van der Waals surface area contributed by atoms with E-state index < -0.39 is 0 Å². The van der Waals surface area contributed by atoms with Gasteiger partial charge in [-0.1, -0.05) is 19.9 Å². The fourth-order valence-electron chi connectivity index (χ4n) is 1.46. The summed E-state index contributed by atoms with van der Waals surface area (Å²) in [5.41, 5.74) is 1.95. The van der Waals surface area contributed by atoms with Gasteiger partial charge >= 0.3 is 0 Å². The number of fused-ring (bicyclic) bond motifs is 1. The minimum absolute atomic E-state index is 0.409. The average Bonchev–Trinajstić information content (AvgIpc) is 2.60. The van der Waals surface area contributed by atoms with Crippen LogP contribution in [0.1, 0.15) is 25.6 Å². The number of rotatable bonds is 2. The van der Waals surface area contributed by atoms with Crippen LogP contribution in [0.4, 0.5) is 0 Å². The number of imidazole rings is 1. The van der Waals surface area contributed by atoms with E-state index in [1.165, 1.54) is 0 Å². The molecule has 0 radical (unpaired) electrons. The van der Waals surface area contributed by atoms with Crippen molar-refractivity contribution < 1.29 is 4.74 Å². The second kappa shape index (κ2) is 3.33. The van der Waals surface area contributed by atoms with Crippen LogP contribution in [-0.4, -0.2) is 17.1 Å². The smallest absolute Gasteiger partial charge is 0.146 e. The molecule has 0 unspecified atom stereocenters. The molecule has 0 aliphatic carbocycles. The van der Waals surface area contributed by atoms with E-state index in [4.69, 9.17) is 4.74 Å². The van der Waals surface area contributed by atoms with Crippen molar-refractivity contribution in [2.75, 3.05) is 7.11 Å². The minimum Gasteiger partial charge on any atom is -0.494 e. The Labute approximate surface area is 83.1 Å². The zero-order valence-electron chi connectivity index (χ0n) is 8.66. The lowest BCUT2D eigenvalue weighted by Gasteiger charge is -1.98.